The van der Waals surface area contributed by atoms with Crippen molar-refractivity contribution in [3.63, 3.8) is 0 Å². The summed E-state index contributed by atoms with van der Waals surface area (Å²) >= 11 is 0. The predicted octanol–water partition coefficient (Wildman–Crippen LogP) is 9.46. The maximum absolute atomic E-state index is 2.34. The minimum atomic E-state index is 1.04. The van der Waals surface area contributed by atoms with Gasteiger partial charge in [-0.3, -0.25) is 0 Å². The van der Waals surface area contributed by atoms with Gasteiger partial charge in [-0.15, -0.1) is 0 Å². The largest absolute Gasteiger partial charge is 0.0654 e. The Labute approximate surface area is 155 Å². The summed E-state index contributed by atoms with van der Waals surface area (Å²) in [6, 6.07) is 0. The standard InChI is InChI=1S/C24H50/c1-4-7-10-11-12-13-14-15-16-17-18-19-20-23-24(21-8-5-2)22-9-6-3/h24H,4-23H2,1-3H3. The van der Waals surface area contributed by atoms with Gasteiger partial charge in [-0.2, -0.15) is 0 Å². The van der Waals surface area contributed by atoms with Crippen LogP contribution in [-0.2, 0) is 0 Å². The van der Waals surface area contributed by atoms with Crippen molar-refractivity contribution in [2.75, 3.05) is 0 Å². The molecule has 0 saturated carbocycles. The maximum atomic E-state index is 2.34. The van der Waals surface area contributed by atoms with Crippen LogP contribution in [0, 0.1) is 5.92 Å². The van der Waals surface area contributed by atoms with Gasteiger partial charge in [0.1, 0.15) is 0 Å². The van der Waals surface area contributed by atoms with E-state index in [1.165, 1.54) is 128 Å². The summed E-state index contributed by atoms with van der Waals surface area (Å²) in [5.74, 6) is 1.04. The highest BCUT2D eigenvalue weighted by molar-refractivity contribution is 4.60. The lowest BCUT2D eigenvalue weighted by molar-refractivity contribution is 0.376. The number of hydrogen-bond acceptors (Lipinski definition) is 0. The molecule has 0 heteroatoms. The molecule has 0 nitrogen and oxygen atoms in total. The van der Waals surface area contributed by atoms with Gasteiger partial charge in [0.05, 0.1) is 0 Å². The van der Waals surface area contributed by atoms with Gasteiger partial charge in [-0.05, 0) is 5.92 Å². The highest BCUT2D eigenvalue weighted by atomic mass is 14.1. The van der Waals surface area contributed by atoms with Crippen molar-refractivity contribution in [2.45, 2.75) is 149 Å². The Morgan fingerprint density at radius 1 is 0.333 bits per heavy atom. The van der Waals surface area contributed by atoms with Crippen LogP contribution in [0.3, 0.4) is 0 Å². The first-order valence-electron chi connectivity index (χ1n) is 11.8. The molecule has 0 rings (SSSR count). The Morgan fingerprint density at radius 2 is 0.625 bits per heavy atom. The second-order valence-electron chi connectivity index (χ2n) is 8.18. The fraction of sp³-hybridized carbons (Fsp3) is 1.00. The average Bonchev–Trinajstić information content (AvgIpc) is 2.60. The van der Waals surface area contributed by atoms with Crippen molar-refractivity contribution in [1.82, 2.24) is 0 Å². The Morgan fingerprint density at radius 3 is 1.00 bits per heavy atom. The van der Waals surface area contributed by atoms with E-state index in [9.17, 15) is 0 Å². The van der Waals surface area contributed by atoms with E-state index >= 15 is 0 Å². The first kappa shape index (κ1) is 24.0. The van der Waals surface area contributed by atoms with Crippen LogP contribution >= 0.6 is 0 Å². The van der Waals surface area contributed by atoms with Crippen LogP contribution in [0.2, 0.25) is 0 Å². The predicted molar refractivity (Wildman–Crippen MR) is 113 cm³/mol. The molecule has 0 aliphatic carbocycles. The molecular weight excluding hydrogens is 288 g/mol. The second-order valence-corrected chi connectivity index (χ2v) is 8.18. The molecule has 0 aromatic carbocycles. The zero-order valence-corrected chi connectivity index (χ0v) is 17.7. The van der Waals surface area contributed by atoms with Gasteiger partial charge < -0.3 is 0 Å². The summed E-state index contributed by atoms with van der Waals surface area (Å²) < 4.78 is 0. The summed E-state index contributed by atoms with van der Waals surface area (Å²) in [6.07, 6.45) is 29.3. The van der Waals surface area contributed by atoms with Crippen molar-refractivity contribution >= 4 is 0 Å². The molecule has 0 atom stereocenters. The molecular formula is C24H50. The molecule has 0 radical (unpaired) electrons. The lowest BCUT2D eigenvalue weighted by Gasteiger charge is -2.16. The molecule has 0 heterocycles. The van der Waals surface area contributed by atoms with Crippen molar-refractivity contribution < 1.29 is 0 Å². The Bertz CT molecular complexity index is 200. The Hall–Kier alpha value is 0. The van der Waals surface area contributed by atoms with Gasteiger partial charge in [0.2, 0.25) is 0 Å². The smallest absolute Gasteiger partial charge is 0.0414 e. The van der Waals surface area contributed by atoms with E-state index in [0.717, 1.165) is 5.92 Å². The SMILES string of the molecule is CCCCCCCCCCCCCCCC(CCCC)CCCC. The summed E-state index contributed by atoms with van der Waals surface area (Å²) in [6.45, 7) is 6.97. The molecule has 146 valence electrons. The summed E-state index contributed by atoms with van der Waals surface area (Å²) in [5, 5.41) is 0. The molecule has 0 N–H and O–H groups in total. The van der Waals surface area contributed by atoms with Crippen LogP contribution in [-0.4, -0.2) is 0 Å². The highest BCUT2D eigenvalue weighted by Crippen LogP contribution is 2.23. The van der Waals surface area contributed by atoms with Gasteiger partial charge in [0, 0.05) is 0 Å². The van der Waals surface area contributed by atoms with E-state index in [1.807, 2.05) is 0 Å². The zero-order valence-electron chi connectivity index (χ0n) is 17.7. The highest BCUT2D eigenvalue weighted by Gasteiger charge is 2.07. The van der Waals surface area contributed by atoms with Crippen molar-refractivity contribution in [3.05, 3.63) is 0 Å². The minimum absolute atomic E-state index is 1.04. The third-order valence-electron chi connectivity index (χ3n) is 5.65. The monoisotopic (exact) mass is 338 g/mol. The fourth-order valence-corrected chi connectivity index (χ4v) is 3.87. The molecule has 0 bridgehead atoms. The average molecular weight is 339 g/mol. The number of unbranched alkanes of at least 4 members (excludes halogenated alkanes) is 14. The van der Waals surface area contributed by atoms with Crippen LogP contribution in [0.1, 0.15) is 149 Å². The Balaban J connectivity index is 3.29. The van der Waals surface area contributed by atoms with Gasteiger partial charge in [-0.25, -0.2) is 0 Å². The molecule has 24 heavy (non-hydrogen) atoms. The van der Waals surface area contributed by atoms with Crippen LogP contribution in [0.4, 0.5) is 0 Å². The molecule has 0 aromatic rings. The van der Waals surface area contributed by atoms with Gasteiger partial charge >= 0.3 is 0 Å². The first-order valence-corrected chi connectivity index (χ1v) is 11.8. The van der Waals surface area contributed by atoms with E-state index in [2.05, 4.69) is 20.8 Å². The second kappa shape index (κ2) is 21.0. The van der Waals surface area contributed by atoms with Gasteiger partial charge in [-0.1, -0.05) is 149 Å². The summed E-state index contributed by atoms with van der Waals surface area (Å²) in [5.41, 5.74) is 0. The third kappa shape index (κ3) is 18.3. The van der Waals surface area contributed by atoms with Crippen LogP contribution in [0.25, 0.3) is 0 Å². The van der Waals surface area contributed by atoms with Crippen LogP contribution in [0.5, 0.6) is 0 Å². The van der Waals surface area contributed by atoms with Crippen molar-refractivity contribution in [3.8, 4) is 0 Å². The molecule has 0 aliphatic rings. The van der Waals surface area contributed by atoms with Crippen molar-refractivity contribution in [2.24, 2.45) is 5.92 Å². The number of hydrogen-bond donors (Lipinski definition) is 0. The van der Waals surface area contributed by atoms with E-state index in [-0.39, 0.29) is 0 Å². The molecule has 0 saturated heterocycles. The van der Waals surface area contributed by atoms with Gasteiger partial charge in [0.15, 0.2) is 0 Å². The van der Waals surface area contributed by atoms with Crippen LogP contribution < -0.4 is 0 Å². The first-order chi connectivity index (χ1) is 11.8. The van der Waals surface area contributed by atoms with E-state index < -0.39 is 0 Å². The zero-order chi connectivity index (χ0) is 17.7. The molecule has 0 spiro atoms. The molecule has 0 aromatic heterocycles. The summed E-state index contributed by atoms with van der Waals surface area (Å²) in [4.78, 5) is 0. The lowest BCUT2D eigenvalue weighted by atomic mass is 9.90. The molecule has 0 aliphatic heterocycles. The van der Waals surface area contributed by atoms with E-state index in [1.54, 1.807) is 0 Å². The maximum Gasteiger partial charge on any atom is -0.0414 e. The molecule has 0 unspecified atom stereocenters. The van der Waals surface area contributed by atoms with E-state index in [4.69, 9.17) is 0 Å². The third-order valence-corrected chi connectivity index (χ3v) is 5.65. The molecule has 0 fully saturated rings. The quantitative estimate of drug-likeness (QED) is 0.194. The topological polar surface area (TPSA) is 0 Å². The fourth-order valence-electron chi connectivity index (χ4n) is 3.87. The number of rotatable bonds is 20. The van der Waals surface area contributed by atoms with Gasteiger partial charge in [0.25, 0.3) is 0 Å². The van der Waals surface area contributed by atoms with Crippen molar-refractivity contribution in [1.29, 1.82) is 0 Å². The van der Waals surface area contributed by atoms with Crippen LogP contribution in [0.15, 0.2) is 0 Å². The molecule has 0 amide bonds. The summed E-state index contributed by atoms with van der Waals surface area (Å²) in [7, 11) is 0. The Kier molecular flexibility index (Phi) is 21.0. The normalized spacial score (nSPS) is 11.5. The van der Waals surface area contributed by atoms with E-state index in [0.29, 0.717) is 0 Å². The minimum Gasteiger partial charge on any atom is -0.0654 e. The lowest BCUT2D eigenvalue weighted by Crippen LogP contribution is -2.01.